The smallest absolute Gasteiger partial charge is 0.0813 e. The molecule has 0 atom stereocenters. The summed E-state index contributed by atoms with van der Waals surface area (Å²) in [6.45, 7) is 25.4. The fourth-order valence-corrected chi connectivity index (χ4v) is 38.7. The summed E-state index contributed by atoms with van der Waals surface area (Å²) in [5.74, 6) is 0. The number of benzene rings is 1. The van der Waals surface area contributed by atoms with Gasteiger partial charge in [0.15, 0.2) is 0 Å². The van der Waals surface area contributed by atoms with Crippen molar-refractivity contribution in [2.75, 3.05) is 0 Å². The molecule has 0 aliphatic heterocycles. The van der Waals surface area contributed by atoms with Crippen molar-refractivity contribution in [2.24, 2.45) is 0 Å². The molecule has 0 fully saturated rings. The summed E-state index contributed by atoms with van der Waals surface area (Å²) < 4.78 is 0. The first-order valence-corrected chi connectivity index (χ1v) is 17.1. The zero-order valence-corrected chi connectivity index (χ0v) is 18.7. The van der Waals surface area contributed by atoms with E-state index in [0.29, 0.717) is 10.1 Å². The Morgan fingerprint density at radius 3 is 1.29 bits per heavy atom. The molecule has 1 aromatic rings. The lowest BCUT2D eigenvalue weighted by molar-refractivity contribution is 0.730. The Hall–Kier alpha value is 0.0838. The van der Waals surface area contributed by atoms with E-state index < -0.39 is 15.5 Å². The van der Waals surface area contributed by atoms with E-state index in [1.54, 1.807) is 5.30 Å². The van der Waals surface area contributed by atoms with Gasteiger partial charge in [-0.05, 0) is 15.4 Å². The second-order valence-corrected chi connectivity index (χ2v) is 30.4. The van der Waals surface area contributed by atoms with Gasteiger partial charge in [-0.1, -0.05) is 105 Å². The predicted molar refractivity (Wildman–Crippen MR) is 107 cm³/mol. The first kappa shape index (κ1) is 19.1. The van der Waals surface area contributed by atoms with Gasteiger partial charge in [0.05, 0.1) is 15.5 Å². The molecule has 0 aliphatic rings. The summed E-state index contributed by atoms with van der Waals surface area (Å²) in [6.07, 6.45) is 0. The molecule has 0 N–H and O–H groups in total. The lowest BCUT2D eigenvalue weighted by Crippen LogP contribution is -2.50. The van der Waals surface area contributed by atoms with E-state index in [9.17, 15) is 0 Å². The molecule has 0 nitrogen and oxygen atoms in total. The summed E-state index contributed by atoms with van der Waals surface area (Å²) >= 11 is 0. The Balaban J connectivity index is 3.54. The zero-order valence-electron chi connectivity index (χ0n) is 15.8. The molecule has 120 valence electrons. The van der Waals surface area contributed by atoms with Gasteiger partial charge in [0.1, 0.15) is 0 Å². The van der Waals surface area contributed by atoms with Crippen LogP contribution in [0.2, 0.25) is 36.3 Å². The average Bonchev–Trinajstić information content (AvgIpc) is 2.26. The van der Waals surface area contributed by atoms with Gasteiger partial charge in [-0.25, -0.2) is 0 Å². The zero-order chi connectivity index (χ0) is 16.7. The Bertz CT molecular complexity index is 438. The maximum atomic E-state index is 2.65. The number of rotatable bonds is 3. The van der Waals surface area contributed by atoms with Crippen LogP contribution < -0.4 is 5.30 Å². The maximum absolute atomic E-state index is 2.65. The summed E-state index contributed by atoms with van der Waals surface area (Å²) in [6, 6.07) is 11.5. The molecule has 0 aliphatic carbocycles. The molecule has 0 spiro atoms. The Kier molecular flexibility index (Phi) is 5.41. The minimum atomic E-state index is -1.39. The highest BCUT2D eigenvalue weighted by atomic mass is 31.6. The highest BCUT2D eigenvalue weighted by molar-refractivity contribution is 8.23. The molecular formula is C18H35PSi2. The number of hydrogen-bond acceptors (Lipinski definition) is 0. The molecule has 1 rings (SSSR count). The fourth-order valence-electron chi connectivity index (χ4n) is 2.59. The van der Waals surface area contributed by atoms with Crippen molar-refractivity contribution in [3.8, 4) is 0 Å². The second kappa shape index (κ2) is 5.94. The highest BCUT2D eigenvalue weighted by Crippen LogP contribution is 2.67. The van der Waals surface area contributed by atoms with Crippen molar-refractivity contribution in [2.45, 2.75) is 77.8 Å². The van der Waals surface area contributed by atoms with E-state index in [1.807, 2.05) is 0 Å². The minimum Gasteiger partial charge on any atom is -0.0982 e. The van der Waals surface area contributed by atoms with Crippen LogP contribution in [0.4, 0.5) is 0 Å². The van der Waals surface area contributed by atoms with E-state index in [4.69, 9.17) is 0 Å². The van der Waals surface area contributed by atoms with Crippen LogP contribution in [0.3, 0.4) is 0 Å². The molecule has 0 radical (unpaired) electrons. The monoisotopic (exact) mass is 338 g/mol. The van der Waals surface area contributed by atoms with Crippen LogP contribution >= 0.6 is 7.02 Å². The van der Waals surface area contributed by atoms with Gasteiger partial charge >= 0.3 is 0 Å². The maximum Gasteiger partial charge on any atom is 0.0813 e. The van der Waals surface area contributed by atoms with Gasteiger partial charge < -0.3 is 0 Å². The molecule has 0 bridgehead atoms. The summed E-state index contributed by atoms with van der Waals surface area (Å²) in [5, 5.41) is 2.55. The second-order valence-electron chi connectivity index (χ2n) is 9.29. The number of hydrogen-bond donors (Lipinski definition) is 0. The Morgan fingerprint density at radius 2 is 1.00 bits per heavy atom. The van der Waals surface area contributed by atoms with Gasteiger partial charge in [-0.3, -0.25) is 0 Å². The summed E-state index contributed by atoms with van der Waals surface area (Å²) in [4.78, 5) is 0. The first-order chi connectivity index (χ1) is 9.23. The molecule has 0 saturated heterocycles. The average molecular weight is 339 g/mol. The van der Waals surface area contributed by atoms with Gasteiger partial charge in [0.25, 0.3) is 0 Å². The van der Waals surface area contributed by atoms with E-state index in [1.165, 1.54) is 0 Å². The molecule has 0 amide bonds. The Morgan fingerprint density at radius 1 is 0.667 bits per heavy atom. The van der Waals surface area contributed by atoms with Crippen molar-refractivity contribution in [3.05, 3.63) is 30.3 Å². The van der Waals surface area contributed by atoms with Crippen LogP contribution in [0.25, 0.3) is 0 Å². The molecular weight excluding hydrogens is 303 g/mol. The Labute approximate surface area is 136 Å². The topological polar surface area (TPSA) is 0 Å². The predicted octanol–water partition coefficient (Wildman–Crippen LogP) is 6.80. The minimum absolute atomic E-state index is 0.0406. The van der Waals surface area contributed by atoms with Crippen LogP contribution in [0.5, 0.6) is 0 Å². The van der Waals surface area contributed by atoms with Gasteiger partial charge in [-0.15, -0.1) is 0 Å². The van der Waals surface area contributed by atoms with Crippen molar-refractivity contribution in [1.29, 1.82) is 0 Å². The van der Waals surface area contributed by atoms with E-state index in [2.05, 4.69) is 98.1 Å². The lowest BCUT2D eigenvalue weighted by atomic mass is 10.2. The third-order valence-electron chi connectivity index (χ3n) is 5.80. The molecule has 0 heterocycles. The fraction of sp³-hybridized carbons (Fsp3) is 0.667. The lowest BCUT2D eigenvalue weighted by Gasteiger charge is -2.54. The van der Waals surface area contributed by atoms with Gasteiger partial charge in [-0.2, -0.15) is 0 Å². The van der Waals surface area contributed by atoms with Crippen LogP contribution in [0.1, 0.15) is 41.5 Å². The largest absolute Gasteiger partial charge is 0.0982 e. The van der Waals surface area contributed by atoms with Crippen LogP contribution in [0, 0.1) is 0 Å². The molecule has 21 heavy (non-hydrogen) atoms. The van der Waals surface area contributed by atoms with Gasteiger partial charge in [0.2, 0.25) is 0 Å². The molecule has 0 unspecified atom stereocenters. The van der Waals surface area contributed by atoms with Crippen molar-refractivity contribution in [1.82, 2.24) is 0 Å². The van der Waals surface area contributed by atoms with E-state index in [0.717, 1.165) is 0 Å². The third kappa shape index (κ3) is 3.71. The standard InChI is InChI=1S/C18H35PSi2/c1-17(2,3)20(7,8)19(16-14-12-11-13-15-16)21(9,10)18(4,5)6/h11-15H,1-10H3. The molecule has 1 aromatic carbocycles. The molecule has 0 aromatic heterocycles. The van der Waals surface area contributed by atoms with Crippen molar-refractivity contribution in [3.63, 3.8) is 0 Å². The van der Waals surface area contributed by atoms with Crippen LogP contribution in [-0.2, 0) is 0 Å². The summed E-state index contributed by atoms with van der Waals surface area (Å²) in [5.41, 5.74) is 0. The van der Waals surface area contributed by atoms with E-state index >= 15 is 0 Å². The quantitative estimate of drug-likeness (QED) is 0.420. The van der Waals surface area contributed by atoms with Crippen LogP contribution in [0.15, 0.2) is 30.3 Å². The summed E-state index contributed by atoms with van der Waals surface area (Å²) in [7, 11) is -2.83. The molecule has 0 saturated carbocycles. The normalized spacial score (nSPS) is 14.6. The molecule has 3 heteroatoms. The van der Waals surface area contributed by atoms with E-state index in [-0.39, 0.29) is 7.02 Å². The van der Waals surface area contributed by atoms with Gasteiger partial charge in [0, 0.05) is 0 Å². The van der Waals surface area contributed by atoms with Crippen molar-refractivity contribution >= 4 is 27.8 Å². The van der Waals surface area contributed by atoms with Crippen molar-refractivity contribution < 1.29 is 0 Å². The SMILES string of the molecule is CC(C)(C)[Si](C)(C)P(c1ccccc1)[Si](C)(C)C(C)(C)C. The van der Waals surface area contributed by atoms with Crippen LogP contribution in [-0.4, -0.2) is 15.5 Å². The first-order valence-electron chi connectivity index (χ1n) is 8.08. The highest BCUT2D eigenvalue weighted by Gasteiger charge is 2.53. The third-order valence-corrected chi connectivity index (χ3v) is 38.5.